The van der Waals surface area contributed by atoms with Gasteiger partial charge in [-0.1, -0.05) is 0 Å². The molecule has 5 heteroatoms. The highest BCUT2D eigenvalue weighted by Crippen LogP contribution is 1.99. The molecule has 0 aromatic carbocycles. The number of nitrogens with zero attached hydrogens (tertiary/aromatic N) is 2. The van der Waals surface area contributed by atoms with Gasteiger partial charge in [0.15, 0.2) is 0 Å². The first kappa shape index (κ1) is 12.5. The fourth-order valence-corrected chi connectivity index (χ4v) is 1.49. The first-order valence-corrected chi connectivity index (χ1v) is 5.63. The Morgan fingerprint density at radius 2 is 2.47 bits per heavy atom. The summed E-state index contributed by atoms with van der Waals surface area (Å²) in [6.45, 7) is 4.37. The molecule has 0 spiro atoms. The highest BCUT2D eigenvalue weighted by molar-refractivity contribution is 6.18. The molecule has 0 saturated carbocycles. The van der Waals surface area contributed by atoms with Gasteiger partial charge in [-0.05, 0) is 6.92 Å². The van der Waals surface area contributed by atoms with Gasteiger partial charge in [0.2, 0.25) is 0 Å². The zero-order valence-corrected chi connectivity index (χ0v) is 10.00. The van der Waals surface area contributed by atoms with Crippen LogP contribution in [0.25, 0.3) is 0 Å². The van der Waals surface area contributed by atoms with Crippen molar-refractivity contribution in [3.05, 3.63) is 18.0 Å². The SMILES string of the molecule is CCn1cc(CNC(CCl)COC)cn1. The fraction of sp³-hybridized carbons (Fsp3) is 0.700. The molecule has 0 fully saturated rings. The third kappa shape index (κ3) is 4.20. The maximum atomic E-state index is 5.78. The topological polar surface area (TPSA) is 39.1 Å². The number of methoxy groups -OCH3 is 1. The van der Waals surface area contributed by atoms with Gasteiger partial charge in [0.1, 0.15) is 0 Å². The Hall–Kier alpha value is -0.580. The minimum atomic E-state index is 0.196. The molecular formula is C10H18ClN3O. The third-order valence-electron chi connectivity index (χ3n) is 2.16. The largest absolute Gasteiger partial charge is 0.383 e. The lowest BCUT2D eigenvalue weighted by molar-refractivity contribution is 0.172. The molecular weight excluding hydrogens is 214 g/mol. The Morgan fingerprint density at radius 3 is 3.00 bits per heavy atom. The maximum absolute atomic E-state index is 5.78. The van der Waals surface area contributed by atoms with Crippen LogP contribution in [0.15, 0.2) is 12.4 Å². The van der Waals surface area contributed by atoms with Crippen LogP contribution >= 0.6 is 11.6 Å². The number of hydrogen-bond acceptors (Lipinski definition) is 3. The van der Waals surface area contributed by atoms with Gasteiger partial charge in [-0.15, -0.1) is 11.6 Å². The van der Waals surface area contributed by atoms with Crippen LogP contribution in [-0.4, -0.2) is 35.4 Å². The van der Waals surface area contributed by atoms with E-state index in [1.54, 1.807) is 7.11 Å². The quantitative estimate of drug-likeness (QED) is 0.718. The van der Waals surface area contributed by atoms with Gasteiger partial charge in [-0.25, -0.2) is 0 Å². The number of rotatable bonds is 7. The van der Waals surface area contributed by atoms with Gasteiger partial charge in [-0.2, -0.15) is 5.10 Å². The standard InChI is InChI=1S/C10H18ClN3O/c1-3-14-7-9(6-13-14)5-12-10(4-11)8-15-2/h6-7,10,12H,3-5,8H2,1-2H3. The first-order valence-electron chi connectivity index (χ1n) is 5.09. The fourth-order valence-electron chi connectivity index (χ4n) is 1.29. The molecule has 0 radical (unpaired) electrons. The Morgan fingerprint density at radius 1 is 1.67 bits per heavy atom. The lowest BCUT2D eigenvalue weighted by Crippen LogP contribution is -2.34. The van der Waals surface area contributed by atoms with E-state index in [2.05, 4.69) is 17.3 Å². The molecule has 1 N–H and O–H groups in total. The molecule has 0 amide bonds. The van der Waals surface area contributed by atoms with Crippen molar-refractivity contribution in [2.45, 2.75) is 26.1 Å². The second-order valence-electron chi connectivity index (χ2n) is 3.39. The molecule has 0 saturated heterocycles. The van der Waals surface area contributed by atoms with Gasteiger partial charge in [0, 0.05) is 43.9 Å². The first-order chi connectivity index (χ1) is 7.30. The zero-order valence-electron chi connectivity index (χ0n) is 9.24. The Labute approximate surface area is 95.6 Å². The van der Waals surface area contributed by atoms with Crippen LogP contribution in [0.4, 0.5) is 0 Å². The van der Waals surface area contributed by atoms with Gasteiger partial charge < -0.3 is 10.1 Å². The van der Waals surface area contributed by atoms with Crippen LogP contribution in [0, 0.1) is 0 Å². The molecule has 0 aliphatic heterocycles. The predicted molar refractivity (Wildman–Crippen MR) is 61.1 cm³/mol. The van der Waals surface area contributed by atoms with Crippen molar-refractivity contribution in [1.82, 2.24) is 15.1 Å². The molecule has 4 nitrogen and oxygen atoms in total. The van der Waals surface area contributed by atoms with E-state index in [1.807, 2.05) is 17.1 Å². The number of halogens is 1. The van der Waals surface area contributed by atoms with Crippen molar-refractivity contribution < 1.29 is 4.74 Å². The molecule has 1 aromatic rings. The van der Waals surface area contributed by atoms with E-state index < -0.39 is 0 Å². The molecule has 1 unspecified atom stereocenters. The van der Waals surface area contributed by atoms with Gasteiger partial charge >= 0.3 is 0 Å². The molecule has 0 aliphatic rings. The minimum Gasteiger partial charge on any atom is -0.383 e. The third-order valence-corrected chi connectivity index (χ3v) is 2.53. The predicted octanol–water partition coefficient (Wildman–Crippen LogP) is 1.25. The van der Waals surface area contributed by atoms with E-state index in [9.17, 15) is 0 Å². The number of aromatic nitrogens is 2. The summed E-state index contributed by atoms with van der Waals surface area (Å²) >= 11 is 5.78. The molecule has 0 bridgehead atoms. The van der Waals surface area contributed by atoms with Crippen molar-refractivity contribution in [2.24, 2.45) is 0 Å². The maximum Gasteiger partial charge on any atom is 0.0627 e. The lowest BCUT2D eigenvalue weighted by atomic mass is 10.3. The average Bonchev–Trinajstić information content (AvgIpc) is 2.72. The van der Waals surface area contributed by atoms with E-state index in [4.69, 9.17) is 16.3 Å². The molecule has 15 heavy (non-hydrogen) atoms. The highest BCUT2D eigenvalue weighted by Gasteiger charge is 2.06. The van der Waals surface area contributed by atoms with Crippen LogP contribution in [-0.2, 0) is 17.8 Å². The summed E-state index contributed by atoms with van der Waals surface area (Å²) in [6.07, 6.45) is 3.90. The Kier molecular flexibility index (Phi) is 5.68. The van der Waals surface area contributed by atoms with Crippen LogP contribution in [0.2, 0.25) is 0 Å². The van der Waals surface area contributed by atoms with E-state index in [0.29, 0.717) is 12.5 Å². The summed E-state index contributed by atoms with van der Waals surface area (Å²) in [6, 6.07) is 0.196. The monoisotopic (exact) mass is 231 g/mol. The van der Waals surface area contributed by atoms with E-state index in [1.165, 1.54) is 5.56 Å². The smallest absolute Gasteiger partial charge is 0.0627 e. The van der Waals surface area contributed by atoms with Crippen molar-refractivity contribution in [3.63, 3.8) is 0 Å². The minimum absolute atomic E-state index is 0.196. The molecule has 1 heterocycles. The molecule has 1 atom stereocenters. The average molecular weight is 232 g/mol. The summed E-state index contributed by atoms with van der Waals surface area (Å²) in [4.78, 5) is 0. The van der Waals surface area contributed by atoms with E-state index in [0.717, 1.165) is 13.1 Å². The van der Waals surface area contributed by atoms with Crippen LogP contribution in [0.5, 0.6) is 0 Å². The van der Waals surface area contributed by atoms with E-state index in [-0.39, 0.29) is 6.04 Å². The lowest BCUT2D eigenvalue weighted by Gasteiger charge is -2.13. The molecule has 1 rings (SSSR count). The second-order valence-corrected chi connectivity index (χ2v) is 3.70. The number of nitrogens with one attached hydrogen (secondary N) is 1. The molecule has 86 valence electrons. The number of aryl methyl sites for hydroxylation is 1. The van der Waals surface area contributed by atoms with Crippen LogP contribution in [0.1, 0.15) is 12.5 Å². The Bertz CT molecular complexity index is 277. The van der Waals surface area contributed by atoms with Gasteiger partial charge in [0.25, 0.3) is 0 Å². The zero-order chi connectivity index (χ0) is 11.1. The highest BCUT2D eigenvalue weighted by atomic mass is 35.5. The summed E-state index contributed by atoms with van der Waals surface area (Å²) < 4.78 is 6.95. The van der Waals surface area contributed by atoms with Gasteiger partial charge in [-0.3, -0.25) is 4.68 Å². The van der Waals surface area contributed by atoms with Crippen molar-refractivity contribution >= 4 is 11.6 Å². The number of hydrogen-bond donors (Lipinski definition) is 1. The van der Waals surface area contributed by atoms with Gasteiger partial charge in [0.05, 0.1) is 12.8 Å². The number of ether oxygens (including phenoxy) is 1. The second kappa shape index (κ2) is 6.82. The van der Waals surface area contributed by atoms with Crippen LogP contribution in [0.3, 0.4) is 0 Å². The summed E-state index contributed by atoms with van der Waals surface area (Å²) in [5.41, 5.74) is 1.17. The van der Waals surface area contributed by atoms with Crippen molar-refractivity contribution in [3.8, 4) is 0 Å². The Balaban J connectivity index is 2.34. The summed E-state index contributed by atoms with van der Waals surface area (Å²) in [5.74, 6) is 0.551. The van der Waals surface area contributed by atoms with Crippen LogP contribution < -0.4 is 5.32 Å². The van der Waals surface area contributed by atoms with Crippen molar-refractivity contribution in [1.29, 1.82) is 0 Å². The summed E-state index contributed by atoms with van der Waals surface area (Å²) in [5, 5.41) is 7.51. The summed E-state index contributed by atoms with van der Waals surface area (Å²) in [7, 11) is 1.68. The normalized spacial score (nSPS) is 13.0. The number of alkyl halides is 1. The van der Waals surface area contributed by atoms with E-state index >= 15 is 0 Å². The molecule has 0 aliphatic carbocycles. The molecule has 1 aromatic heterocycles. The van der Waals surface area contributed by atoms with Crippen molar-refractivity contribution in [2.75, 3.05) is 19.6 Å².